The van der Waals surface area contributed by atoms with Gasteiger partial charge in [0.2, 0.25) is 0 Å². The normalized spacial score (nSPS) is 16.1. The molecule has 5 heteroatoms. The first kappa shape index (κ1) is 13.8. The van der Waals surface area contributed by atoms with Crippen LogP contribution in [0.15, 0.2) is 42.5 Å². The number of hydrogen-bond acceptors (Lipinski definition) is 3. The number of benzene rings is 2. The van der Waals surface area contributed by atoms with Gasteiger partial charge in [0.1, 0.15) is 17.6 Å². The maximum atomic E-state index is 12.1. The van der Waals surface area contributed by atoms with Crippen molar-refractivity contribution in [3.8, 4) is 11.5 Å². The van der Waals surface area contributed by atoms with E-state index in [1.54, 1.807) is 0 Å². The van der Waals surface area contributed by atoms with Gasteiger partial charge in [-0.3, -0.25) is 4.79 Å². The zero-order chi connectivity index (χ0) is 14.8. The first-order valence-corrected chi connectivity index (χ1v) is 7.02. The standard InChI is InChI=1S/C16H14ClNO3/c17-14-6-5-11(19)8-13(14)16(20)18-9-12-7-10-3-1-2-4-15(10)21-12/h1-6,8,12,19H,7,9H2,(H,18,20). The lowest BCUT2D eigenvalue weighted by atomic mass is 10.1. The van der Waals surface area contributed by atoms with Crippen molar-refractivity contribution < 1.29 is 14.6 Å². The molecule has 1 aliphatic heterocycles. The Morgan fingerprint density at radius 2 is 2.14 bits per heavy atom. The minimum atomic E-state index is -0.324. The van der Waals surface area contributed by atoms with Crippen molar-refractivity contribution in [2.45, 2.75) is 12.5 Å². The molecule has 1 atom stereocenters. The second-order valence-electron chi connectivity index (χ2n) is 4.93. The third-order valence-electron chi connectivity index (χ3n) is 3.40. The number of phenols is 1. The van der Waals surface area contributed by atoms with Crippen molar-refractivity contribution in [3.63, 3.8) is 0 Å². The highest BCUT2D eigenvalue weighted by Gasteiger charge is 2.23. The third-order valence-corrected chi connectivity index (χ3v) is 3.73. The number of hydrogen-bond donors (Lipinski definition) is 2. The summed E-state index contributed by atoms with van der Waals surface area (Å²) in [5, 5.41) is 12.5. The number of aromatic hydroxyl groups is 1. The fourth-order valence-corrected chi connectivity index (χ4v) is 2.56. The lowest BCUT2D eigenvalue weighted by Gasteiger charge is -2.12. The van der Waals surface area contributed by atoms with Crippen LogP contribution in [0.25, 0.3) is 0 Å². The molecule has 0 saturated carbocycles. The fourth-order valence-electron chi connectivity index (χ4n) is 2.36. The molecule has 0 fully saturated rings. The Kier molecular flexibility index (Phi) is 3.71. The number of para-hydroxylation sites is 1. The summed E-state index contributed by atoms with van der Waals surface area (Å²) in [5.74, 6) is 0.552. The number of ether oxygens (including phenoxy) is 1. The molecule has 0 aromatic heterocycles. The highest BCUT2D eigenvalue weighted by atomic mass is 35.5. The number of amides is 1. The molecule has 108 valence electrons. The summed E-state index contributed by atoms with van der Waals surface area (Å²) in [4.78, 5) is 12.1. The van der Waals surface area contributed by atoms with Crippen LogP contribution in [0.4, 0.5) is 0 Å². The molecule has 0 radical (unpaired) electrons. The van der Waals surface area contributed by atoms with Crippen LogP contribution in [0.3, 0.4) is 0 Å². The van der Waals surface area contributed by atoms with E-state index in [2.05, 4.69) is 5.32 Å². The van der Waals surface area contributed by atoms with E-state index in [0.717, 1.165) is 17.7 Å². The third kappa shape index (κ3) is 2.95. The van der Waals surface area contributed by atoms with Crippen molar-refractivity contribution in [1.82, 2.24) is 5.32 Å². The van der Waals surface area contributed by atoms with Crippen molar-refractivity contribution in [1.29, 1.82) is 0 Å². The Labute approximate surface area is 127 Å². The minimum absolute atomic E-state index is 0.00840. The molecule has 4 nitrogen and oxygen atoms in total. The molecule has 1 aliphatic rings. The van der Waals surface area contributed by atoms with Gasteiger partial charge >= 0.3 is 0 Å². The summed E-state index contributed by atoms with van der Waals surface area (Å²) in [7, 11) is 0. The Hall–Kier alpha value is -2.20. The molecular formula is C16H14ClNO3. The molecule has 1 amide bonds. The lowest BCUT2D eigenvalue weighted by molar-refractivity contribution is 0.0933. The molecule has 2 aromatic carbocycles. The molecule has 0 saturated heterocycles. The number of carbonyl (C=O) groups is 1. The summed E-state index contributed by atoms with van der Waals surface area (Å²) in [6.45, 7) is 0.388. The lowest BCUT2D eigenvalue weighted by Crippen LogP contribution is -2.34. The average Bonchev–Trinajstić information content (AvgIpc) is 2.90. The fraction of sp³-hybridized carbons (Fsp3) is 0.188. The van der Waals surface area contributed by atoms with E-state index in [9.17, 15) is 9.90 Å². The SMILES string of the molecule is O=C(NCC1Cc2ccccc2O1)c1cc(O)ccc1Cl. The van der Waals surface area contributed by atoms with Gasteiger partial charge in [0.15, 0.2) is 0 Å². The highest BCUT2D eigenvalue weighted by Crippen LogP contribution is 2.28. The Morgan fingerprint density at radius 3 is 2.95 bits per heavy atom. The number of nitrogens with one attached hydrogen (secondary N) is 1. The summed E-state index contributed by atoms with van der Waals surface area (Å²) in [6.07, 6.45) is 0.687. The maximum Gasteiger partial charge on any atom is 0.253 e. The number of halogens is 1. The van der Waals surface area contributed by atoms with Gasteiger partial charge in [-0.1, -0.05) is 29.8 Å². The summed E-state index contributed by atoms with van der Waals surface area (Å²) >= 11 is 5.96. The van der Waals surface area contributed by atoms with Gasteiger partial charge in [0.25, 0.3) is 5.91 Å². The van der Waals surface area contributed by atoms with Gasteiger partial charge in [-0.15, -0.1) is 0 Å². The Bertz CT molecular complexity index is 662. The predicted octanol–water partition coefficient (Wildman–Crippen LogP) is 2.78. The molecule has 1 heterocycles. The molecular weight excluding hydrogens is 290 g/mol. The second kappa shape index (κ2) is 5.66. The monoisotopic (exact) mass is 303 g/mol. The van der Waals surface area contributed by atoms with Crippen LogP contribution in [0.2, 0.25) is 5.02 Å². The molecule has 2 aromatic rings. The van der Waals surface area contributed by atoms with Gasteiger partial charge in [0.05, 0.1) is 17.1 Å². The van der Waals surface area contributed by atoms with Gasteiger partial charge in [-0.05, 0) is 29.8 Å². The summed E-state index contributed by atoms with van der Waals surface area (Å²) in [5.41, 5.74) is 1.40. The van der Waals surface area contributed by atoms with Crippen LogP contribution >= 0.6 is 11.6 Å². The quantitative estimate of drug-likeness (QED) is 0.916. The number of fused-ring (bicyclic) bond motifs is 1. The number of rotatable bonds is 3. The van der Waals surface area contributed by atoms with Gasteiger partial charge in [-0.25, -0.2) is 0 Å². The first-order chi connectivity index (χ1) is 10.1. The largest absolute Gasteiger partial charge is 0.508 e. The number of phenolic OH excluding ortho intramolecular Hbond substituents is 1. The first-order valence-electron chi connectivity index (χ1n) is 6.65. The van der Waals surface area contributed by atoms with Crippen LogP contribution in [0.1, 0.15) is 15.9 Å². The molecule has 1 unspecified atom stereocenters. The Morgan fingerprint density at radius 1 is 1.33 bits per heavy atom. The van der Waals surface area contributed by atoms with Crippen molar-refractivity contribution in [3.05, 3.63) is 58.6 Å². The van der Waals surface area contributed by atoms with E-state index in [1.165, 1.54) is 18.2 Å². The van der Waals surface area contributed by atoms with E-state index in [-0.39, 0.29) is 23.3 Å². The summed E-state index contributed by atoms with van der Waals surface area (Å²) in [6, 6.07) is 12.1. The molecule has 0 aliphatic carbocycles. The van der Waals surface area contributed by atoms with Gasteiger partial charge in [-0.2, -0.15) is 0 Å². The van der Waals surface area contributed by atoms with E-state index in [0.29, 0.717) is 11.6 Å². The molecule has 3 rings (SSSR count). The van der Waals surface area contributed by atoms with Crippen LogP contribution in [-0.4, -0.2) is 23.7 Å². The topological polar surface area (TPSA) is 58.6 Å². The van der Waals surface area contributed by atoms with Crippen molar-refractivity contribution >= 4 is 17.5 Å². The summed E-state index contributed by atoms with van der Waals surface area (Å²) < 4.78 is 5.75. The van der Waals surface area contributed by atoms with Crippen molar-refractivity contribution in [2.75, 3.05) is 6.54 Å². The zero-order valence-electron chi connectivity index (χ0n) is 11.2. The maximum absolute atomic E-state index is 12.1. The van der Waals surface area contributed by atoms with Crippen LogP contribution in [0, 0.1) is 0 Å². The molecule has 0 spiro atoms. The highest BCUT2D eigenvalue weighted by molar-refractivity contribution is 6.33. The van der Waals surface area contributed by atoms with Gasteiger partial charge < -0.3 is 15.2 Å². The van der Waals surface area contributed by atoms with Crippen molar-refractivity contribution in [2.24, 2.45) is 0 Å². The minimum Gasteiger partial charge on any atom is -0.508 e. The van der Waals surface area contributed by atoms with E-state index >= 15 is 0 Å². The molecule has 0 bridgehead atoms. The average molecular weight is 304 g/mol. The van der Waals surface area contributed by atoms with E-state index < -0.39 is 0 Å². The van der Waals surface area contributed by atoms with E-state index in [1.807, 2.05) is 24.3 Å². The van der Waals surface area contributed by atoms with Gasteiger partial charge in [0, 0.05) is 6.42 Å². The zero-order valence-corrected chi connectivity index (χ0v) is 11.9. The predicted molar refractivity (Wildman–Crippen MR) is 80.0 cm³/mol. The van der Waals surface area contributed by atoms with Crippen LogP contribution in [0.5, 0.6) is 11.5 Å². The number of carbonyl (C=O) groups excluding carboxylic acids is 1. The van der Waals surface area contributed by atoms with E-state index in [4.69, 9.17) is 16.3 Å². The Balaban J connectivity index is 1.61. The molecule has 2 N–H and O–H groups in total. The molecule has 21 heavy (non-hydrogen) atoms. The van der Waals surface area contributed by atoms with Crippen LogP contribution in [-0.2, 0) is 6.42 Å². The smallest absolute Gasteiger partial charge is 0.253 e. The second-order valence-corrected chi connectivity index (χ2v) is 5.33. The van der Waals surface area contributed by atoms with Crippen LogP contribution < -0.4 is 10.1 Å².